The van der Waals surface area contributed by atoms with Crippen LogP contribution in [0.4, 0.5) is 11.4 Å². The van der Waals surface area contributed by atoms with E-state index < -0.39 is 0 Å². The lowest BCUT2D eigenvalue weighted by Crippen LogP contribution is -2.36. The summed E-state index contributed by atoms with van der Waals surface area (Å²) < 4.78 is 5.53. The molecular formula is C16H15N3O3. The van der Waals surface area contributed by atoms with Gasteiger partial charge >= 0.3 is 0 Å². The maximum atomic E-state index is 12.1. The highest BCUT2D eigenvalue weighted by atomic mass is 16.5. The number of ether oxygens (including phenoxy) is 1. The zero-order chi connectivity index (χ0) is 15.5. The van der Waals surface area contributed by atoms with Crippen molar-refractivity contribution in [2.24, 2.45) is 0 Å². The first-order valence-corrected chi connectivity index (χ1v) is 6.92. The Hall–Kier alpha value is -2.89. The average molecular weight is 297 g/mol. The van der Waals surface area contributed by atoms with E-state index in [1.807, 2.05) is 0 Å². The molecule has 0 spiro atoms. The number of pyridine rings is 1. The van der Waals surface area contributed by atoms with Crippen LogP contribution < -0.4 is 15.0 Å². The van der Waals surface area contributed by atoms with Crippen LogP contribution in [0.25, 0.3) is 0 Å². The third-order valence-electron chi connectivity index (χ3n) is 3.36. The molecule has 112 valence electrons. The highest BCUT2D eigenvalue weighted by molar-refractivity contribution is 6.03. The second-order valence-electron chi connectivity index (χ2n) is 4.87. The molecule has 3 rings (SSSR count). The number of carbonyl (C=O) groups excluding carboxylic acids is 2. The minimum absolute atomic E-state index is 0.0576. The summed E-state index contributed by atoms with van der Waals surface area (Å²) in [5.74, 6) is 0.279. The molecule has 1 aliphatic heterocycles. The van der Waals surface area contributed by atoms with E-state index in [-0.39, 0.29) is 11.8 Å². The minimum atomic E-state index is -0.299. The highest BCUT2D eigenvalue weighted by Gasteiger charge is 2.21. The van der Waals surface area contributed by atoms with Crippen LogP contribution in [-0.2, 0) is 4.79 Å². The van der Waals surface area contributed by atoms with Gasteiger partial charge in [0.05, 0.1) is 12.2 Å². The lowest BCUT2D eigenvalue weighted by atomic mass is 10.2. The van der Waals surface area contributed by atoms with E-state index in [2.05, 4.69) is 10.3 Å². The normalized spacial score (nSPS) is 13.0. The van der Waals surface area contributed by atoms with Crippen LogP contribution in [0.5, 0.6) is 5.75 Å². The molecule has 2 amide bonds. The molecule has 0 aliphatic carbocycles. The van der Waals surface area contributed by atoms with Gasteiger partial charge in [-0.3, -0.25) is 14.6 Å². The summed E-state index contributed by atoms with van der Waals surface area (Å²) in [6.45, 7) is 2.47. The molecule has 2 aromatic rings. The van der Waals surface area contributed by atoms with Crippen molar-refractivity contribution in [3.8, 4) is 5.75 Å². The number of amides is 2. The SMILES string of the molecule is CC(=O)N1CCOc2ccc(NC(=O)c3ccccn3)cc21. The number of rotatable bonds is 2. The summed E-state index contributed by atoms with van der Waals surface area (Å²) in [5, 5.41) is 2.77. The van der Waals surface area contributed by atoms with E-state index >= 15 is 0 Å². The Labute approximate surface area is 127 Å². The average Bonchev–Trinajstić information content (AvgIpc) is 2.55. The number of anilines is 2. The molecule has 1 N–H and O–H groups in total. The number of hydrogen-bond acceptors (Lipinski definition) is 4. The van der Waals surface area contributed by atoms with E-state index in [4.69, 9.17) is 4.74 Å². The number of nitrogens with zero attached hydrogens (tertiary/aromatic N) is 2. The van der Waals surface area contributed by atoms with Gasteiger partial charge in [0, 0.05) is 18.8 Å². The molecule has 0 unspecified atom stereocenters. The van der Waals surface area contributed by atoms with Gasteiger partial charge in [-0.15, -0.1) is 0 Å². The van der Waals surface area contributed by atoms with Crippen LogP contribution in [0.3, 0.4) is 0 Å². The fraction of sp³-hybridized carbons (Fsp3) is 0.188. The lowest BCUT2D eigenvalue weighted by molar-refractivity contribution is -0.116. The van der Waals surface area contributed by atoms with Crippen LogP contribution in [0.1, 0.15) is 17.4 Å². The summed E-state index contributed by atoms with van der Waals surface area (Å²) >= 11 is 0. The van der Waals surface area contributed by atoms with Crippen LogP contribution in [0.15, 0.2) is 42.6 Å². The van der Waals surface area contributed by atoms with Gasteiger partial charge < -0.3 is 15.0 Å². The van der Waals surface area contributed by atoms with Gasteiger partial charge in [0.2, 0.25) is 5.91 Å². The number of fused-ring (bicyclic) bond motifs is 1. The van der Waals surface area contributed by atoms with Gasteiger partial charge in [-0.2, -0.15) is 0 Å². The number of carbonyl (C=O) groups is 2. The molecular weight excluding hydrogens is 282 g/mol. The third-order valence-corrected chi connectivity index (χ3v) is 3.36. The monoisotopic (exact) mass is 297 g/mol. The van der Waals surface area contributed by atoms with Crippen molar-refractivity contribution < 1.29 is 14.3 Å². The molecule has 1 aliphatic rings. The van der Waals surface area contributed by atoms with E-state index in [0.29, 0.717) is 36.0 Å². The fourth-order valence-corrected chi connectivity index (χ4v) is 2.31. The molecule has 0 saturated heterocycles. The number of hydrogen-bond donors (Lipinski definition) is 1. The molecule has 1 aromatic heterocycles. The Morgan fingerprint density at radius 1 is 1.27 bits per heavy atom. The Kier molecular flexibility index (Phi) is 3.74. The van der Waals surface area contributed by atoms with Crippen LogP contribution in [0.2, 0.25) is 0 Å². The molecule has 22 heavy (non-hydrogen) atoms. The van der Waals surface area contributed by atoms with Crippen molar-refractivity contribution in [2.45, 2.75) is 6.92 Å². The lowest BCUT2D eigenvalue weighted by Gasteiger charge is -2.29. The van der Waals surface area contributed by atoms with Gasteiger partial charge in [-0.05, 0) is 30.3 Å². The van der Waals surface area contributed by atoms with Crippen molar-refractivity contribution in [1.29, 1.82) is 0 Å². The van der Waals surface area contributed by atoms with E-state index in [1.165, 1.54) is 6.92 Å². The Bertz CT molecular complexity index is 716. The molecule has 0 fully saturated rings. The van der Waals surface area contributed by atoms with E-state index in [1.54, 1.807) is 47.5 Å². The molecule has 1 aromatic carbocycles. The number of aromatic nitrogens is 1. The first kappa shape index (κ1) is 14.1. The van der Waals surface area contributed by atoms with Crippen molar-refractivity contribution in [3.05, 3.63) is 48.3 Å². The highest BCUT2D eigenvalue weighted by Crippen LogP contribution is 2.34. The smallest absolute Gasteiger partial charge is 0.274 e. The minimum Gasteiger partial charge on any atom is -0.490 e. The Morgan fingerprint density at radius 2 is 2.14 bits per heavy atom. The number of nitrogens with one attached hydrogen (secondary N) is 1. The molecule has 2 heterocycles. The third kappa shape index (κ3) is 2.76. The van der Waals surface area contributed by atoms with Gasteiger partial charge in [-0.25, -0.2) is 0 Å². The van der Waals surface area contributed by atoms with Crippen molar-refractivity contribution >= 4 is 23.2 Å². The standard InChI is InChI=1S/C16H15N3O3/c1-11(20)19-8-9-22-15-6-5-12(10-14(15)19)18-16(21)13-4-2-3-7-17-13/h2-7,10H,8-9H2,1H3,(H,18,21). The summed E-state index contributed by atoms with van der Waals surface area (Å²) in [4.78, 5) is 29.4. The first-order valence-electron chi connectivity index (χ1n) is 6.92. The summed E-state index contributed by atoms with van der Waals surface area (Å²) in [6, 6.07) is 10.4. The van der Waals surface area contributed by atoms with Crippen LogP contribution in [0, 0.1) is 0 Å². The zero-order valence-electron chi connectivity index (χ0n) is 12.1. The molecule has 6 nitrogen and oxygen atoms in total. The maximum absolute atomic E-state index is 12.1. The summed E-state index contributed by atoms with van der Waals surface area (Å²) in [7, 11) is 0. The Balaban J connectivity index is 1.85. The number of benzene rings is 1. The van der Waals surface area contributed by atoms with Crippen molar-refractivity contribution in [1.82, 2.24) is 4.98 Å². The summed E-state index contributed by atoms with van der Waals surface area (Å²) in [6.07, 6.45) is 1.56. The molecule has 0 radical (unpaired) electrons. The van der Waals surface area contributed by atoms with Gasteiger partial charge in [0.25, 0.3) is 5.91 Å². The van der Waals surface area contributed by atoms with Gasteiger partial charge in [-0.1, -0.05) is 6.07 Å². The zero-order valence-corrected chi connectivity index (χ0v) is 12.1. The Morgan fingerprint density at radius 3 is 2.86 bits per heavy atom. The second kappa shape index (κ2) is 5.85. The largest absolute Gasteiger partial charge is 0.490 e. The van der Waals surface area contributed by atoms with Crippen molar-refractivity contribution in [2.75, 3.05) is 23.4 Å². The van der Waals surface area contributed by atoms with Crippen molar-refractivity contribution in [3.63, 3.8) is 0 Å². The molecule has 0 bridgehead atoms. The first-order chi connectivity index (χ1) is 10.6. The fourth-order valence-electron chi connectivity index (χ4n) is 2.31. The molecule has 0 saturated carbocycles. The molecule has 6 heteroatoms. The second-order valence-corrected chi connectivity index (χ2v) is 4.87. The van der Waals surface area contributed by atoms with Gasteiger partial charge in [0.15, 0.2) is 0 Å². The summed E-state index contributed by atoms with van der Waals surface area (Å²) in [5.41, 5.74) is 1.59. The predicted molar refractivity (Wildman–Crippen MR) is 82.2 cm³/mol. The maximum Gasteiger partial charge on any atom is 0.274 e. The predicted octanol–water partition coefficient (Wildman–Crippen LogP) is 2.08. The van der Waals surface area contributed by atoms with E-state index in [0.717, 1.165) is 0 Å². The van der Waals surface area contributed by atoms with Crippen LogP contribution >= 0.6 is 0 Å². The molecule has 0 atom stereocenters. The van der Waals surface area contributed by atoms with Crippen LogP contribution in [-0.4, -0.2) is 29.9 Å². The quantitative estimate of drug-likeness (QED) is 0.921. The van der Waals surface area contributed by atoms with Gasteiger partial charge in [0.1, 0.15) is 18.1 Å². The topological polar surface area (TPSA) is 71.5 Å². The van der Waals surface area contributed by atoms with E-state index in [9.17, 15) is 9.59 Å².